The molecule has 0 aliphatic rings. The number of hydrogen-bond acceptors (Lipinski definition) is 3. The summed E-state index contributed by atoms with van der Waals surface area (Å²) in [4.78, 5) is 11.5. The number of phenols is 1. The Hall–Kier alpha value is -2.49. The lowest BCUT2D eigenvalue weighted by Gasteiger charge is -2.06. The molecular weight excluding hydrogens is 230 g/mol. The second kappa shape index (κ2) is 5.72. The monoisotopic (exact) mass is 243 g/mol. The predicted molar refractivity (Wildman–Crippen MR) is 67.4 cm³/mol. The molecule has 0 saturated carbocycles. The van der Waals surface area contributed by atoms with Crippen LogP contribution < -0.4 is 10.1 Å². The Bertz CT molecular complexity index is 526. The van der Waals surface area contributed by atoms with E-state index in [-0.39, 0.29) is 5.75 Å². The van der Waals surface area contributed by atoms with E-state index < -0.39 is 6.09 Å². The zero-order valence-electron chi connectivity index (χ0n) is 9.67. The average molecular weight is 243 g/mol. The number of amides is 1. The van der Waals surface area contributed by atoms with Crippen LogP contribution in [0.2, 0.25) is 0 Å². The topological polar surface area (TPSA) is 58.6 Å². The van der Waals surface area contributed by atoms with E-state index in [9.17, 15) is 9.90 Å². The third-order valence-corrected chi connectivity index (χ3v) is 2.31. The van der Waals surface area contributed by atoms with Crippen LogP contribution in [0, 0.1) is 0 Å². The molecule has 18 heavy (non-hydrogen) atoms. The molecule has 2 rings (SSSR count). The summed E-state index contributed by atoms with van der Waals surface area (Å²) in [7, 11) is 0. The molecule has 0 bridgehead atoms. The molecule has 92 valence electrons. The molecule has 0 fully saturated rings. The van der Waals surface area contributed by atoms with Crippen LogP contribution >= 0.6 is 0 Å². The second-order valence-corrected chi connectivity index (χ2v) is 3.73. The van der Waals surface area contributed by atoms with E-state index in [4.69, 9.17) is 4.74 Å². The van der Waals surface area contributed by atoms with Gasteiger partial charge in [0.2, 0.25) is 0 Å². The van der Waals surface area contributed by atoms with Crippen LogP contribution in [0.25, 0.3) is 0 Å². The summed E-state index contributed by atoms with van der Waals surface area (Å²) >= 11 is 0. The van der Waals surface area contributed by atoms with Crippen LogP contribution in [0.4, 0.5) is 4.79 Å². The van der Waals surface area contributed by atoms with Gasteiger partial charge in [0.1, 0.15) is 11.5 Å². The molecule has 2 aromatic carbocycles. The highest BCUT2D eigenvalue weighted by Gasteiger charge is 2.04. The second-order valence-electron chi connectivity index (χ2n) is 3.73. The first-order valence-corrected chi connectivity index (χ1v) is 5.53. The fraction of sp³-hybridized carbons (Fsp3) is 0.0714. The van der Waals surface area contributed by atoms with Gasteiger partial charge in [-0.1, -0.05) is 36.4 Å². The van der Waals surface area contributed by atoms with Gasteiger partial charge in [0.25, 0.3) is 0 Å². The van der Waals surface area contributed by atoms with E-state index in [1.807, 2.05) is 30.3 Å². The summed E-state index contributed by atoms with van der Waals surface area (Å²) in [6, 6.07) is 15.6. The minimum Gasteiger partial charge on any atom is -0.508 e. The lowest BCUT2D eigenvalue weighted by molar-refractivity contribution is 0.200. The SMILES string of the molecule is O=C(NCc1ccccc1)Oc1cccc(O)c1. The quantitative estimate of drug-likeness (QED) is 0.871. The number of rotatable bonds is 3. The third-order valence-electron chi connectivity index (χ3n) is 2.31. The molecule has 0 aliphatic heterocycles. The van der Waals surface area contributed by atoms with Crippen molar-refractivity contribution in [1.82, 2.24) is 5.32 Å². The maximum atomic E-state index is 11.5. The van der Waals surface area contributed by atoms with Crippen molar-refractivity contribution in [3.05, 3.63) is 60.2 Å². The molecule has 0 aromatic heterocycles. The lowest BCUT2D eigenvalue weighted by Crippen LogP contribution is -2.26. The molecule has 4 nitrogen and oxygen atoms in total. The van der Waals surface area contributed by atoms with E-state index in [1.54, 1.807) is 12.1 Å². The summed E-state index contributed by atoms with van der Waals surface area (Å²) in [5.41, 5.74) is 0.991. The van der Waals surface area contributed by atoms with Crippen LogP contribution in [0.3, 0.4) is 0 Å². The number of aromatic hydroxyl groups is 1. The Kier molecular flexibility index (Phi) is 3.81. The molecule has 0 spiro atoms. The van der Waals surface area contributed by atoms with Gasteiger partial charge >= 0.3 is 6.09 Å². The average Bonchev–Trinajstić information content (AvgIpc) is 2.38. The summed E-state index contributed by atoms with van der Waals surface area (Å²) in [6.07, 6.45) is -0.551. The molecule has 0 unspecified atom stereocenters. The Morgan fingerprint density at radius 2 is 1.89 bits per heavy atom. The van der Waals surface area contributed by atoms with Crippen molar-refractivity contribution in [2.45, 2.75) is 6.54 Å². The Labute approximate surface area is 105 Å². The van der Waals surface area contributed by atoms with Crippen molar-refractivity contribution < 1.29 is 14.6 Å². The highest BCUT2D eigenvalue weighted by atomic mass is 16.6. The minimum absolute atomic E-state index is 0.0587. The van der Waals surface area contributed by atoms with E-state index in [1.165, 1.54) is 12.1 Å². The number of hydrogen-bond donors (Lipinski definition) is 2. The number of phenolic OH excluding ortho intramolecular Hbond substituents is 1. The standard InChI is InChI=1S/C14H13NO3/c16-12-7-4-8-13(9-12)18-14(17)15-10-11-5-2-1-3-6-11/h1-9,16H,10H2,(H,15,17). The highest BCUT2D eigenvalue weighted by Crippen LogP contribution is 2.17. The molecule has 2 N–H and O–H groups in total. The van der Waals surface area contributed by atoms with E-state index >= 15 is 0 Å². The number of carbonyl (C=O) groups is 1. The van der Waals surface area contributed by atoms with Crippen molar-refractivity contribution in [2.75, 3.05) is 0 Å². The first-order valence-electron chi connectivity index (χ1n) is 5.53. The maximum absolute atomic E-state index is 11.5. The molecule has 0 atom stereocenters. The molecule has 0 radical (unpaired) electrons. The van der Waals surface area contributed by atoms with Crippen molar-refractivity contribution in [2.24, 2.45) is 0 Å². The molecular formula is C14H13NO3. The molecule has 0 heterocycles. The van der Waals surface area contributed by atoms with Gasteiger partial charge in [0.15, 0.2) is 0 Å². The largest absolute Gasteiger partial charge is 0.508 e. The van der Waals surface area contributed by atoms with Crippen molar-refractivity contribution in [3.8, 4) is 11.5 Å². The zero-order chi connectivity index (χ0) is 12.8. The van der Waals surface area contributed by atoms with E-state index in [0.29, 0.717) is 12.3 Å². The van der Waals surface area contributed by atoms with E-state index in [2.05, 4.69) is 5.32 Å². The molecule has 1 amide bonds. The summed E-state index contributed by atoms with van der Waals surface area (Å²) in [5, 5.41) is 11.8. The number of benzene rings is 2. The van der Waals surface area contributed by atoms with Crippen molar-refractivity contribution in [1.29, 1.82) is 0 Å². The first kappa shape index (κ1) is 12.0. The summed E-state index contributed by atoms with van der Waals surface area (Å²) < 4.78 is 5.01. The Balaban J connectivity index is 1.86. The third kappa shape index (κ3) is 3.52. The summed E-state index contributed by atoms with van der Waals surface area (Å²) in [5.74, 6) is 0.365. The van der Waals surface area contributed by atoms with Gasteiger partial charge in [0.05, 0.1) is 0 Å². The van der Waals surface area contributed by atoms with Gasteiger partial charge < -0.3 is 15.2 Å². The fourth-order valence-corrected chi connectivity index (χ4v) is 1.46. The smallest absolute Gasteiger partial charge is 0.412 e. The number of carbonyl (C=O) groups excluding carboxylic acids is 1. The van der Waals surface area contributed by atoms with Gasteiger partial charge in [-0.05, 0) is 17.7 Å². The van der Waals surface area contributed by atoms with Crippen molar-refractivity contribution in [3.63, 3.8) is 0 Å². The van der Waals surface area contributed by atoms with E-state index in [0.717, 1.165) is 5.56 Å². The van der Waals surface area contributed by atoms with Crippen molar-refractivity contribution >= 4 is 6.09 Å². The van der Waals surface area contributed by atoms with Crippen LogP contribution in [0.15, 0.2) is 54.6 Å². The van der Waals surface area contributed by atoms with Crippen LogP contribution in [-0.4, -0.2) is 11.2 Å². The Morgan fingerprint density at radius 3 is 2.61 bits per heavy atom. The fourth-order valence-electron chi connectivity index (χ4n) is 1.46. The highest BCUT2D eigenvalue weighted by molar-refractivity contribution is 5.70. The molecule has 0 aliphatic carbocycles. The Morgan fingerprint density at radius 1 is 1.11 bits per heavy atom. The van der Waals surface area contributed by atoms with Gasteiger partial charge in [-0.2, -0.15) is 0 Å². The lowest BCUT2D eigenvalue weighted by atomic mass is 10.2. The zero-order valence-corrected chi connectivity index (χ0v) is 9.67. The minimum atomic E-state index is -0.551. The van der Waals surface area contributed by atoms with Gasteiger partial charge in [-0.25, -0.2) is 4.79 Å². The number of ether oxygens (including phenoxy) is 1. The number of nitrogens with one attached hydrogen (secondary N) is 1. The predicted octanol–water partition coefficient (Wildman–Crippen LogP) is 2.68. The van der Waals surface area contributed by atoms with Gasteiger partial charge in [-0.3, -0.25) is 0 Å². The maximum Gasteiger partial charge on any atom is 0.412 e. The molecule has 2 aromatic rings. The molecule has 0 saturated heterocycles. The first-order chi connectivity index (χ1) is 8.74. The van der Waals surface area contributed by atoms with Gasteiger partial charge in [0, 0.05) is 12.6 Å². The summed E-state index contributed by atoms with van der Waals surface area (Å²) in [6.45, 7) is 0.401. The van der Waals surface area contributed by atoms with Crippen LogP contribution in [0.1, 0.15) is 5.56 Å². The normalized spacial score (nSPS) is 9.78. The van der Waals surface area contributed by atoms with Gasteiger partial charge in [-0.15, -0.1) is 0 Å². The molecule has 4 heteroatoms. The van der Waals surface area contributed by atoms with Crippen LogP contribution in [-0.2, 0) is 6.54 Å². The van der Waals surface area contributed by atoms with Crippen LogP contribution in [0.5, 0.6) is 11.5 Å².